The smallest absolute Gasteiger partial charge is 0.327 e. The number of nitrogens with two attached hydrogens (primary N) is 1. The van der Waals surface area contributed by atoms with Gasteiger partial charge in [-0.2, -0.15) is 12.6 Å². The van der Waals surface area contributed by atoms with Crippen molar-refractivity contribution in [2.24, 2.45) is 5.73 Å². The second-order valence-corrected chi connectivity index (χ2v) is 7.14. The van der Waals surface area contributed by atoms with Crippen LogP contribution in [0.1, 0.15) is 18.4 Å². The summed E-state index contributed by atoms with van der Waals surface area (Å²) in [4.78, 5) is 59.2. The molecule has 0 saturated carbocycles. The third-order valence-corrected chi connectivity index (χ3v) is 4.66. The number of benzene rings is 1. The second-order valence-electron chi connectivity index (χ2n) is 6.77. The van der Waals surface area contributed by atoms with Crippen molar-refractivity contribution >= 4 is 42.3 Å². The van der Waals surface area contributed by atoms with Gasteiger partial charge in [-0.3, -0.25) is 19.2 Å². The number of carboxylic acids is 2. The quantitative estimate of drug-likeness (QED) is 0.153. The summed E-state index contributed by atoms with van der Waals surface area (Å²) in [7, 11) is 0. The van der Waals surface area contributed by atoms with E-state index in [0.29, 0.717) is 5.56 Å². The molecule has 0 aliphatic carbocycles. The molecule has 0 radical (unpaired) electrons. The average Bonchev–Trinajstić information content (AvgIpc) is 2.74. The topological polar surface area (TPSA) is 208 Å². The summed E-state index contributed by atoms with van der Waals surface area (Å²) in [6.45, 7) is -0.434. The van der Waals surface area contributed by atoms with Gasteiger partial charge >= 0.3 is 11.9 Å². The van der Waals surface area contributed by atoms with Gasteiger partial charge in [-0.1, -0.05) is 12.1 Å². The summed E-state index contributed by atoms with van der Waals surface area (Å²) in [5.74, 6) is -5.10. The molecule has 0 fully saturated rings. The number of carboxylic acid groups (broad SMARTS) is 2. The summed E-state index contributed by atoms with van der Waals surface area (Å²) >= 11 is 3.88. The van der Waals surface area contributed by atoms with E-state index in [1.165, 1.54) is 24.3 Å². The van der Waals surface area contributed by atoms with Gasteiger partial charge in [-0.15, -0.1) is 0 Å². The van der Waals surface area contributed by atoms with E-state index in [4.69, 9.17) is 15.9 Å². The molecule has 3 atom stereocenters. The molecule has 0 aromatic heterocycles. The Morgan fingerprint density at radius 3 is 1.97 bits per heavy atom. The van der Waals surface area contributed by atoms with Crippen LogP contribution in [0.15, 0.2) is 24.3 Å². The molecule has 0 bridgehead atoms. The van der Waals surface area contributed by atoms with Crippen LogP contribution >= 0.6 is 12.6 Å². The Morgan fingerprint density at radius 2 is 1.47 bits per heavy atom. The molecule has 1 aromatic rings. The van der Waals surface area contributed by atoms with E-state index in [-0.39, 0.29) is 24.3 Å². The predicted molar refractivity (Wildman–Crippen MR) is 115 cm³/mol. The highest BCUT2D eigenvalue weighted by atomic mass is 32.1. The van der Waals surface area contributed by atoms with Crippen molar-refractivity contribution in [3.63, 3.8) is 0 Å². The minimum absolute atomic E-state index is 0.0157. The highest BCUT2D eigenvalue weighted by Gasteiger charge is 2.29. The molecule has 3 amide bonds. The standard InChI is InChI=1S/C19H26N4O8S/c20-8-15(25)21-12(5-6-16(26)27)17(28)22-13(7-10-1-3-11(24)4-2-10)18(29)23-14(9-32)19(30)31/h1-4,12-14,24,32H,5-9,20H2,(H,21,25)(H,22,28)(H,23,29)(H,26,27)(H,30,31). The summed E-state index contributed by atoms with van der Waals surface area (Å²) in [6, 6.07) is 1.90. The van der Waals surface area contributed by atoms with Gasteiger partial charge in [0, 0.05) is 18.6 Å². The summed E-state index contributed by atoms with van der Waals surface area (Å²) < 4.78 is 0. The fraction of sp³-hybridized carbons (Fsp3) is 0.421. The van der Waals surface area contributed by atoms with Gasteiger partial charge in [0.1, 0.15) is 23.9 Å². The van der Waals surface area contributed by atoms with Crippen molar-refractivity contribution in [2.75, 3.05) is 12.3 Å². The largest absolute Gasteiger partial charge is 0.508 e. The number of carbonyl (C=O) groups excluding carboxylic acids is 3. The molecule has 0 aliphatic rings. The van der Waals surface area contributed by atoms with Gasteiger partial charge in [-0.05, 0) is 24.1 Å². The number of hydrogen-bond acceptors (Lipinski definition) is 8. The van der Waals surface area contributed by atoms with Crippen LogP contribution in [0.3, 0.4) is 0 Å². The Balaban J connectivity index is 3.08. The number of phenolic OH excluding ortho intramolecular Hbond substituents is 1. The highest BCUT2D eigenvalue weighted by Crippen LogP contribution is 2.12. The second kappa shape index (κ2) is 13.2. The Labute approximate surface area is 189 Å². The van der Waals surface area contributed by atoms with E-state index in [2.05, 4.69) is 28.6 Å². The third-order valence-electron chi connectivity index (χ3n) is 4.29. The molecule has 1 aromatic carbocycles. The first-order valence-corrected chi connectivity index (χ1v) is 10.1. The maximum Gasteiger partial charge on any atom is 0.327 e. The van der Waals surface area contributed by atoms with Crippen LogP contribution < -0.4 is 21.7 Å². The molecule has 0 spiro atoms. The van der Waals surface area contributed by atoms with Crippen molar-refractivity contribution in [1.82, 2.24) is 16.0 Å². The molecule has 176 valence electrons. The monoisotopic (exact) mass is 470 g/mol. The first kappa shape index (κ1) is 26.7. The van der Waals surface area contributed by atoms with Crippen LogP contribution in [0.25, 0.3) is 0 Å². The maximum absolute atomic E-state index is 12.7. The van der Waals surface area contributed by atoms with Gasteiger partial charge in [0.25, 0.3) is 0 Å². The van der Waals surface area contributed by atoms with Crippen LogP contribution in [0, 0.1) is 0 Å². The molecule has 1 rings (SSSR count). The zero-order chi connectivity index (χ0) is 24.3. The van der Waals surface area contributed by atoms with Gasteiger partial charge in [0.2, 0.25) is 17.7 Å². The Bertz CT molecular complexity index is 833. The number of hydrogen-bond donors (Lipinski definition) is 8. The average molecular weight is 471 g/mol. The zero-order valence-corrected chi connectivity index (χ0v) is 17.9. The lowest BCUT2D eigenvalue weighted by Crippen LogP contribution is -2.57. The molecule has 0 heterocycles. The van der Waals surface area contributed by atoms with E-state index in [1.807, 2.05) is 0 Å². The van der Waals surface area contributed by atoms with Crippen molar-refractivity contribution in [1.29, 1.82) is 0 Å². The van der Waals surface area contributed by atoms with Crippen molar-refractivity contribution in [2.45, 2.75) is 37.4 Å². The maximum atomic E-state index is 12.7. The summed E-state index contributed by atoms with van der Waals surface area (Å²) in [5.41, 5.74) is 5.77. The third kappa shape index (κ3) is 9.22. The minimum atomic E-state index is -1.32. The first-order chi connectivity index (χ1) is 15.1. The van der Waals surface area contributed by atoms with E-state index in [0.717, 1.165) is 0 Å². The fourth-order valence-corrected chi connectivity index (χ4v) is 2.84. The molecular weight excluding hydrogens is 444 g/mol. The predicted octanol–water partition coefficient (Wildman–Crippen LogP) is -1.77. The van der Waals surface area contributed by atoms with Gasteiger partial charge < -0.3 is 37.0 Å². The van der Waals surface area contributed by atoms with Gasteiger partial charge in [0.05, 0.1) is 6.54 Å². The lowest BCUT2D eigenvalue weighted by Gasteiger charge is -2.24. The van der Waals surface area contributed by atoms with Gasteiger partial charge in [-0.25, -0.2) is 4.79 Å². The van der Waals surface area contributed by atoms with Crippen molar-refractivity contribution < 1.29 is 39.3 Å². The van der Waals surface area contributed by atoms with Crippen LogP contribution in [0.4, 0.5) is 0 Å². The zero-order valence-electron chi connectivity index (χ0n) is 17.0. The summed E-state index contributed by atoms with van der Waals surface area (Å²) in [5, 5.41) is 34.4. The lowest BCUT2D eigenvalue weighted by molar-refractivity contribution is -0.141. The fourth-order valence-electron chi connectivity index (χ4n) is 2.60. The molecule has 8 N–H and O–H groups in total. The van der Waals surface area contributed by atoms with Crippen LogP contribution in [0.2, 0.25) is 0 Å². The minimum Gasteiger partial charge on any atom is -0.508 e. The molecule has 32 heavy (non-hydrogen) atoms. The molecule has 0 saturated heterocycles. The van der Waals surface area contributed by atoms with E-state index >= 15 is 0 Å². The van der Waals surface area contributed by atoms with Crippen LogP contribution in [-0.2, 0) is 30.4 Å². The molecular formula is C19H26N4O8S. The van der Waals surface area contributed by atoms with Crippen molar-refractivity contribution in [3.05, 3.63) is 29.8 Å². The van der Waals surface area contributed by atoms with E-state index in [1.54, 1.807) is 0 Å². The molecule has 12 nitrogen and oxygen atoms in total. The number of amides is 3. The number of thiol groups is 1. The SMILES string of the molecule is NCC(=O)NC(CCC(=O)O)C(=O)NC(Cc1ccc(O)cc1)C(=O)NC(CS)C(=O)O. The number of phenols is 1. The van der Waals surface area contributed by atoms with Gasteiger partial charge in [0.15, 0.2) is 0 Å². The Hall–Kier alpha value is -3.32. The number of nitrogens with one attached hydrogen (secondary N) is 3. The van der Waals surface area contributed by atoms with E-state index < -0.39 is 60.8 Å². The number of carbonyl (C=O) groups is 5. The normalized spacial score (nSPS) is 13.3. The van der Waals surface area contributed by atoms with Crippen LogP contribution in [0.5, 0.6) is 5.75 Å². The Morgan fingerprint density at radius 1 is 0.906 bits per heavy atom. The molecule has 3 unspecified atom stereocenters. The number of aromatic hydroxyl groups is 1. The molecule has 13 heteroatoms. The van der Waals surface area contributed by atoms with E-state index in [9.17, 15) is 29.1 Å². The number of aliphatic carboxylic acids is 2. The number of rotatable bonds is 13. The Kier molecular flexibility index (Phi) is 11.0. The summed E-state index contributed by atoms with van der Waals surface area (Å²) in [6.07, 6.45) is -0.763. The first-order valence-electron chi connectivity index (χ1n) is 9.50. The van der Waals surface area contributed by atoms with Crippen molar-refractivity contribution in [3.8, 4) is 5.75 Å². The molecule has 0 aliphatic heterocycles. The highest BCUT2D eigenvalue weighted by molar-refractivity contribution is 7.80. The van der Waals surface area contributed by atoms with Crippen LogP contribution in [-0.4, -0.2) is 75.4 Å². The lowest BCUT2D eigenvalue weighted by atomic mass is 10.0.